The first-order valence-corrected chi connectivity index (χ1v) is 9.14. The van der Waals surface area contributed by atoms with E-state index in [9.17, 15) is 14.4 Å². The number of nitrogens with one attached hydrogen (secondary N) is 2. The summed E-state index contributed by atoms with van der Waals surface area (Å²) < 4.78 is 4.93. The summed E-state index contributed by atoms with van der Waals surface area (Å²) in [5.41, 5.74) is 1.83. The zero-order valence-corrected chi connectivity index (χ0v) is 15.7. The van der Waals surface area contributed by atoms with E-state index >= 15 is 0 Å². The van der Waals surface area contributed by atoms with Gasteiger partial charge in [0.2, 0.25) is 0 Å². The van der Waals surface area contributed by atoms with Crippen molar-refractivity contribution >= 4 is 17.7 Å². The quantitative estimate of drug-likeness (QED) is 0.507. The van der Waals surface area contributed by atoms with Crippen LogP contribution in [0.3, 0.4) is 0 Å². The van der Waals surface area contributed by atoms with Crippen LogP contribution in [0.25, 0.3) is 0 Å². The summed E-state index contributed by atoms with van der Waals surface area (Å²) in [5, 5.41) is 5.92. The van der Waals surface area contributed by atoms with Crippen molar-refractivity contribution in [3.05, 3.63) is 70.8 Å². The molecule has 1 aliphatic rings. The van der Waals surface area contributed by atoms with E-state index in [2.05, 4.69) is 10.6 Å². The highest BCUT2D eigenvalue weighted by molar-refractivity contribution is 6.22. The number of benzene rings is 2. The highest BCUT2D eigenvalue weighted by Gasteiger charge is 2.35. The van der Waals surface area contributed by atoms with E-state index in [1.807, 2.05) is 30.3 Å². The molecule has 0 saturated carbocycles. The molecular weight excluding hydrogens is 358 g/mol. The Morgan fingerprint density at radius 3 is 2.46 bits per heavy atom. The SMILES string of the molecule is COCCNCCNC(=O)c1ccc2c(c1)C(=O)N(Cc1ccccc1)C2=O. The van der Waals surface area contributed by atoms with E-state index in [4.69, 9.17) is 4.74 Å². The van der Waals surface area contributed by atoms with Gasteiger partial charge in [-0.05, 0) is 23.8 Å². The van der Waals surface area contributed by atoms with Gasteiger partial charge in [0.1, 0.15) is 0 Å². The molecule has 3 rings (SSSR count). The number of hydrogen-bond donors (Lipinski definition) is 2. The maximum absolute atomic E-state index is 12.7. The van der Waals surface area contributed by atoms with Crippen LogP contribution in [0, 0.1) is 0 Å². The summed E-state index contributed by atoms with van der Waals surface area (Å²) in [5.74, 6) is -0.990. The van der Waals surface area contributed by atoms with Crippen LogP contribution in [-0.2, 0) is 11.3 Å². The van der Waals surface area contributed by atoms with Gasteiger partial charge in [0, 0.05) is 32.3 Å². The molecule has 1 heterocycles. The van der Waals surface area contributed by atoms with Gasteiger partial charge in [0.15, 0.2) is 0 Å². The van der Waals surface area contributed by atoms with Gasteiger partial charge in [-0.3, -0.25) is 19.3 Å². The molecule has 7 nitrogen and oxygen atoms in total. The van der Waals surface area contributed by atoms with Crippen LogP contribution in [0.1, 0.15) is 36.6 Å². The third-order valence-corrected chi connectivity index (χ3v) is 4.49. The number of amides is 3. The van der Waals surface area contributed by atoms with Crippen molar-refractivity contribution in [2.45, 2.75) is 6.54 Å². The van der Waals surface area contributed by atoms with Crippen LogP contribution >= 0.6 is 0 Å². The summed E-state index contributed by atoms with van der Waals surface area (Å²) in [7, 11) is 1.63. The fourth-order valence-electron chi connectivity index (χ4n) is 3.01. The Kier molecular flexibility index (Phi) is 6.52. The maximum Gasteiger partial charge on any atom is 0.261 e. The zero-order chi connectivity index (χ0) is 19.9. The lowest BCUT2D eigenvalue weighted by molar-refractivity contribution is 0.0642. The molecule has 0 spiro atoms. The average Bonchev–Trinajstić information content (AvgIpc) is 2.95. The molecule has 0 saturated heterocycles. The van der Waals surface area contributed by atoms with Crippen molar-refractivity contribution in [2.24, 2.45) is 0 Å². The van der Waals surface area contributed by atoms with Crippen molar-refractivity contribution < 1.29 is 19.1 Å². The molecule has 0 aromatic heterocycles. The number of imide groups is 1. The average molecular weight is 381 g/mol. The highest BCUT2D eigenvalue weighted by atomic mass is 16.5. The Morgan fingerprint density at radius 1 is 0.964 bits per heavy atom. The van der Waals surface area contributed by atoms with E-state index in [1.54, 1.807) is 19.2 Å². The van der Waals surface area contributed by atoms with Crippen molar-refractivity contribution in [1.29, 1.82) is 0 Å². The fourth-order valence-corrected chi connectivity index (χ4v) is 3.01. The number of carbonyl (C=O) groups is 3. The minimum absolute atomic E-state index is 0.210. The number of carbonyl (C=O) groups excluding carboxylic acids is 3. The minimum atomic E-state index is -0.375. The second-order valence-electron chi connectivity index (χ2n) is 6.44. The van der Waals surface area contributed by atoms with Crippen LogP contribution in [0.5, 0.6) is 0 Å². The molecule has 3 amide bonds. The largest absolute Gasteiger partial charge is 0.383 e. The third kappa shape index (κ3) is 4.44. The summed E-state index contributed by atoms with van der Waals surface area (Å²) in [6.07, 6.45) is 0. The van der Waals surface area contributed by atoms with Crippen molar-refractivity contribution in [1.82, 2.24) is 15.5 Å². The molecule has 7 heteroatoms. The van der Waals surface area contributed by atoms with Crippen LogP contribution in [0.2, 0.25) is 0 Å². The molecule has 0 bridgehead atoms. The van der Waals surface area contributed by atoms with E-state index in [-0.39, 0.29) is 29.8 Å². The predicted octanol–water partition coefficient (Wildman–Crippen LogP) is 1.45. The Bertz CT molecular complexity index is 867. The lowest BCUT2D eigenvalue weighted by Crippen LogP contribution is -2.33. The first-order chi connectivity index (χ1) is 13.6. The first kappa shape index (κ1) is 19.7. The van der Waals surface area contributed by atoms with Gasteiger partial charge < -0.3 is 15.4 Å². The lowest BCUT2D eigenvalue weighted by Gasteiger charge is -2.13. The standard InChI is InChI=1S/C21H23N3O4/c1-28-12-11-22-9-10-23-19(25)16-7-8-17-18(13-16)21(27)24(20(17)26)14-15-5-3-2-4-6-15/h2-8,13,22H,9-12,14H2,1H3,(H,23,25). The van der Waals surface area contributed by atoms with Crippen LogP contribution in [-0.4, -0.2) is 56.0 Å². The number of methoxy groups -OCH3 is 1. The molecule has 0 fully saturated rings. The topological polar surface area (TPSA) is 87.7 Å². The van der Waals surface area contributed by atoms with Gasteiger partial charge >= 0.3 is 0 Å². The summed E-state index contributed by atoms with van der Waals surface area (Å²) in [4.78, 5) is 38.8. The van der Waals surface area contributed by atoms with E-state index in [0.717, 1.165) is 5.56 Å². The summed E-state index contributed by atoms with van der Waals surface area (Å²) in [6.45, 7) is 2.59. The Labute approximate surface area is 163 Å². The van der Waals surface area contributed by atoms with E-state index in [0.29, 0.717) is 37.4 Å². The van der Waals surface area contributed by atoms with Gasteiger partial charge in [-0.1, -0.05) is 30.3 Å². The predicted molar refractivity (Wildman–Crippen MR) is 104 cm³/mol. The zero-order valence-electron chi connectivity index (χ0n) is 15.7. The molecule has 0 aliphatic carbocycles. The molecule has 2 aromatic carbocycles. The van der Waals surface area contributed by atoms with Crippen LogP contribution in [0.4, 0.5) is 0 Å². The number of rotatable bonds is 9. The third-order valence-electron chi connectivity index (χ3n) is 4.49. The second-order valence-corrected chi connectivity index (χ2v) is 6.44. The molecule has 28 heavy (non-hydrogen) atoms. The Hall–Kier alpha value is -3.03. The monoisotopic (exact) mass is 381 g/mol. The smallest absolute Gasteiger partial charge is 0.261 e. The number of ether oxygens (including phenoxy) is 1. The van der Waals surface area contributed by atoms with Gasteiger partial charge in [0.05, 0.1) is 24.3 Å². The number of hydrogen-bond acceptors (Lipinski definition) is 5. The Balaban J connectivity index is 1.63. The molecule has 2 aromatic rings. The van der Waals surface area contributed by atoms with Crippen molar-refractivity contribution in [3.63, 3.8) is 0 Å². The van der Waals surface area contributed by atoms with Crippen molar-refractivity contribution in [2.75, 3.05) is 33.4 Å². The molecular formula is C21H23N3O4. The molecule has 1 aliphatic heterocycles. The summed E-state index contributed by atoms with van der Waals surface area (Å²) >= 11 is 0. The molecule has 0 atom stereocenters. The second kappa shape index (κ2) is 9.25. The summed E-state index contributed by atoms with van der Waals surface area (Å²) in [6, 6.07) is 13.9. The molecule has 146 valence electrons. The molecule has 0 radical (unpaired) electrons. The number of nitrogens with zero attached hydrogens (tertiary/aromatic N) is 1. The van der Waals surface area contributed by atoms with Crippen LogP contribution < -0.4 is 10.6 Å². The maximum atomic E-state index is 12.7. The molecule has 2 N–H and O–H groups in total. The van der Waals surface area contributed by atoms with Crippen LogP contribution in [0.15, 0.2) is 48.5 Å². The fraction of sp³-hybridized carbons (Fsp3) is 0.286. The van der Waals surface area contributed by atoms with E-state index < -0.39 is 0 Å². The number of fused-ring (bicyclic) bond motifs is 1. The minimum Gasteiger partial charge on any atom is -0.383 e. The van der Waals surface area contributed by atoms with Gasteiger partial charge in [-0.2, -0.15) is 0 Å². The van der Waals surface area contributed by atoms with E-state index in [1.165, 1.54) is 11.0 Å². The normalized spacial score (nSPS) is 13.0. The lowest BCUT2D eigenvalue weighted by atomic mass is 10.1. The van der Waals surface area contributed by atoms with Gasteiger partial charge in [-0.15, -0.1) is 0 Å². The molecule has 0 unspecified atom stereocenters. The van der Waals surface area contributed by atoms with Gasteiger partial charge in [-0.25, -0.2) is 0 Å². The highest BCUT2D eigenvalue weighted by Crippen LogP contribution is 2.25. The Morgan fingerprint density at radius 2 is 1.71 bits per heavy atom. The van der Waals surface area contributed by atoms with Gasteiger partial charge in [0.25, 0.3) is 17.7 Å². The first-order valence-electron chi connectivity index (χ1n) is 9.14. The van der Waals surface area contributed by atoms with Crippen molar-refractivity contribution in [3.8, 4) is 0 Å².